The summed E-state index contributed by atoms with van der Waals surface area (Å²) >= 11 is 6.07. The molecule has 0 radical (unpaired) electrons. The van der Waals surface area contributed by atoms with Crippen molar-refractivity contribution in [1.29, 1.82) is 0 Å². The monoisotopic (exact) mass is 485 g/mol. The first-order valence-electron chi connectivity index (χ1n) is 10.4. The maximum absolute atomic E-state index is 13.0. The molecule has 1 aliphatic heterocycles. The number of piperazine rings is 1. The van der Waals surface area contributed by atoms with E-state index >= 15 is 0 Å². The molecule has 1 heterocycles. The lowest BCUT2D eigenvalue weighted by Crippen LogP contribution is -2.48. The zero-order chi connectivity index (χ0) is 23.4. The van der Waals surface area contributed by atoms with Gasteiger partial charge in [0, 0.05) is 42.6 Å². The highest BCUT2D eigenvalue weighted by Gasteiger charge is 2.25. The molecule has 1 fully saturated rings. The van der Waals surface area contributed by atoms with E-state index in [1.165, 1.54) is 7.11 Å². The molecular weight excluding hydrogens is 462 g/mol. The second-order valence-electron chi connectivity index (χ2n) is 7.59. The van der Waals surface area contributed by atoms with Gasteiger partial charge in [-0.05, 0) is 54.6 Å². The van der Waals surface area contributed by atoms with E-state index in [2.05, 4.69) is 9.62 Å². The fraction of sp³-hybridized carbons (Fsp3) is 0.208. The molecule has 33 heavy (non-hydrogen) atoms. The number of ether oxygens (including phenoxy) is 1. The summed E-state index contributed by atoms with van der Waals surface area (Å²) in [6, 6.07) is 20.5. The Balaban J connectivity index is 1.38. The summed E-state index contributed by atoms with van der Waals surface area (Å²) in [4.78, 5) is 17.1. The molecule has 7 nitrogen and oxygen atoms in total. The Labute approximate surface area is 198 Å². The van der Waals surface area contributed by atoms with E-state index in [1.54, 1.807) is 65.6 Å². The van der Waals surface area contributed by atoms with Gasteiger partial charge in [-0.2, -0.15) is 0 Å². The van der Waals surface area contributed by atoms with Gasteiger partial charge >= 0.3 is 0 Å². The second-order valence-corrected chi connectivity index (χ2v) is 9.71. The fourth-order valence-corrected chi connectivity index (χ4v) is 4.99. The number of nitrogens with zero attached hydrogens (tertiary/aromatic N) is 2. The molecule has 172 valence electrons. The van der Waals surface area contributed by atoms with Crippen molar-refractivity contribution in [3.05, 3.63) is 83.4 Å². The molecule has 3 aromatic rings. The number of nitrogens with one attached hydrogen (secondary N) is 1. The van der Waals surface area contributed by atoms with Gasteiger partial charge in [-0.3, -0.25) is 9.52 Å². The highest BCUT2D eigenvalue weighted by atomic mass is 35.5. The number of carbonyl (C=O) groups is 1. The third-order valence-electron chi connectivity index (χ3n) is 5.50. The Hall–Kier alpha value is -3.23. The molecule has 0 saturated carbocycles. The zero-order valence-corrected chi connectivity index (χ0v) is 19.6. The van der Waals surface area contributed by atoms with Crippen molar-refractivity contribution in [3.63, 3.8) is 0 Å². The van der Waals surface area contributed by atoms with E-state index in [9.17, 15) is 13.2 Å². The lowest BCUT2D eigenvalue weighted by Gasteiger charge is -2.36. The zero-order valence-electron chi connectivity index (χ0n) is 18.1. The first-order chi connectivity index (χ1) is 15.9. The van der Waals surface area contributed by atoms with Crippen LogP contribution in [0.25, 0.3) is 0 Å². The van der Waals surface area contributed by atoms with Gasteiger partial charge < -0.3 is 14.5 Å². The number of halogens is 1. The van der Waals surface area contributed by atoms with Crippen molar-refractivity contribution in [2.24, 2.45) is 0 Å². The normalized spacial score (nSPS) is 14.1. The number of benzene rings is 3. The Morgan fingerprint density at radius 1 is 0.939 bits per heavy atom. The number of anilines is 2. The quantitative estimate of drug-likeness (QED) is 0.568. The average molecular weight is 486 g/mol. The SMILES string of the molecule is COc1ccc(Cl)cc1C(=O)N1CCN(c2ccc(NS(=O)(=O)c3ccccc3)cc2)CC1. The van der Waals surface area contributed by atoms with Crippen molar-refractivity contribution >= 4 is 38.9 Å². The maximum Gasteiger partial charge on any atom is 0.261 e. The van der Waals surface area contributed by atoms with Crippen LogP contribution in [-0.4, -0.2) is 52.5 Å². The summed E-state index contributed by atoms with van der Waals surface area (Å²) in [7, 11) is -2.10. The minimum Gasteiger partial charge on any atom is -0.496 e. The molecule has 9 heteroatoms. The number of sulfonamides is 1. The predicted octanol–water partition coefficient (Wildman–Crippen LogP) is 4.11. The number of methoxy groups -OCH3 is 1. The molecular formula is C24H24ClN3O4S. The Bertz CT molecular complexity index is 1230. The number of amides is 1. The first kappa shape index (κ1) is 22.9. The summed E-state index contributed by atoms with van der Waals surface area (Å²) in [5.41, 5.74) is 1.91. The fourth-order valence-electron chi connectivity index (χ4n) is 3.74. The molecule has 0 unspecified atom stereocenters. The van der Waals surface area contributed by atoms with Crippen LogP contribution in [0.1, 0.15) is 10.4 Å². The predicted molar refractivity (Wildman–Crippen MR) is 130 cm³/mol. The van der Waals surface area contributed by atoms with Crippen molar-refractivity contribution in [2.75, 3.05) is 42.9 Å². The molecule has 1 saturated heterocycles. The smallest absolute Gasteiger partial charge is 0.261 e. The van der Waals surface area contributed by atoms with Crippen molar-refractivity contribution in [1.82, 2.24) is 4.90 Å². The molecule has 4 rings (SSSR count). The van der Waals surface area contributed by atoms with Crippen molar-refractivity contribution in [3.8, 4) is 5.75 Å². The summed E-state index contributed by atoms with van der Waals surface area (Å²) in [5, 5.41) is 0.487. The third kappa shape index (κ3) is 5.23. The second kappa shape index (κ2) is 9.72. The highest BCUT2D eigenvalue weighted by Crippen LogP contribution is 2.26. The van der Waals surface area contributed by atoms with E-state index in [1.807, 2.05) is 12.1 Å². The molecule has 0 spiro atoms. The number of rotatable bonds is 6. The van der Waals surface area contributed by atoms with Crippen LogP contribution in [0.3, 0.4) is 0 Å². The van der Waals surface area contributed by atoms with Crippen molar-refractivity contribution in [2.45, 2.75) is 4.90 Å². The van der Waals surface area contributed by atoms with Crippen LogP contribution in [0.5, 0.6) is 5.75 Å². The van der Waals surface area contributed by atoms with Crippen LogP contribution in [-0.2, 0) is 10.0 Å². The number of carbonyl (C=O) groups excluding carboxylic acids is 1. The standard InChI is InChI=1S/C24H24ClN3O4S/c1-32-23-12-7-18(25)17-22(23)24(29)28-15-13-27(14-16-28)20-10-8-19(9-11-20)26-33(30,31)21-5-3-2-4-6-21/h2-12,17,26H,13-16H2,1H3. The van der Waals surface area contributed by atoms with Crippen LogP contribution in [0, 0.1) is 0 Å². The minimum atomic E-state index is -3.63. The van der Waals surface area contributed by atoms with Crippen LogP contribution >= 0.6 is 11.6 Å². The van der Waals surface area contributed by atoms with E-state index in [-0.39, 0.29) is 10.8 Å². The van der Waals surface area contributed by atoms with E-state index in [0.29, 0.717) is 48.2 Å². The van der Waals surface area contributed by atoms with Gasteiger partial charge in [0.05, 0.1) is 17.6 Å². The minimum absolute atomic E-state index is 0.111. The molecule has 3 aromatic carbocycles. The largest absolute Gasteiger partial charge is 0.496 e. The van der Waals surface area contributed by atoms with E-state index < -0.39 is 10.0 Å². The number of hydrogen-bond acceptors (Lipinski definition) is 5. The van der Waals surface area contributed by atoms with Crippen molar-refractivity contribution < 1.29 is 17.9 Å². The topological polar surface area (TPSA) is 79.0 Å². The van der Waals surface area contributed by atoms with Gasteiger partial charge in [0.25, 0.3) is 15.9 Å². The molecule has 0 bridgehead atoms. The molecule has 0 aromatic heterocycles. The number of hydrogen-bond donors (Lipinski definition) is 1. The lowest BCUT2D eigenvalue weighted by atomic mass is 10.1. The van der Waals surface area contributed by atoms with Gasteiger partial charge in [0.15, 0.2) is 0 Å². The molecule has 1 N–H and O–H groups in total. The van der Waals surface area contributed by atoms with Gasteiger partial charge in [-0.15, -0.1) is 0 Å². The van der Waals surface area contributed by atoms with Gasteiger partial charge in [0.2, 0.25) is 0 Å². The van der Waals surface area contributed by atoms with Crippen LogP contribution in [0.4, 0.5) is 11.4 Å². The summed E-state index contributed by atoms with van der Waals surface area (Å²) in [6.07, 6.45) is 0. The van der Waals surface area contributed by atoms with Gasteiger partial charge in [-0.1, -0.05) is 29.8 Å². The molecule has 0 atom stereocenters. The molecule has 1 aliphatic rings. The van der Waals surface area contributed by atoms with Gasteiger partial charge in [0.1, 0.15) is 5.75 Å². The van der Waals surface area contributed by atoms with Crippen LogP contribution in [0.15, 0.2) is 77.7 Å². The lowest BCUT2D eigenvalue weighted by molar-refractivity contribution is 0.0743. The Morgan fingerprint density at radius 2 is 1.61 bits per heavy atom. The molecule has 1 amide bonds. The molecule has 0 aliphatic carbocycles. The first-order valence-corrected chi connectivity index (χ1v) is 12.3. The maximum atomic E-state index is 13.0. The van der Waals surface area contributed by atoms with Crippen LogP contribution in [0.2, 0.25) is 5.02 Å². The van der Waals surface area contributed by atoms with E-state index in [0.717, 1.165) is 5.69 Å². The summed E-state index contributed by atoms with van der Waals surface area (Å²) in [6.45, 7) is 2.42. The van der Waals surface area contributed by atoms with Crippen LogP contribution < -0.4 is 14.4 Å². The highest BCUT2D eigenvalue weighted by molar-refractivity contribution is 7.92. The third-order valence-corrected chi connectivity index (χ3v) is 7.13. The Morgan fingerprint density at radius 3 is 2.24 bits per heavy atom. The summed E-state index contributed by atoms with van der Waals surface area (Å²) < 4.78 is 32.9. The Kier molecular flexibility index (Phi) is 6.76. The van der Waals surface area contributed by atoms with Gasteiger partial charge in [-0.25, -0.2) is 8.42 Å². The average Bonchev–Trinajstić information content (AvgIpc) is 2.84. The summed E-state index contributed by atoms with van der Waals surface area (Å²) in [5.74, 6) is 0.389. The van der Waals surface area contributed by atoms with E-state index in [4.69, 9.17) is 16.3 Å².